The zero-order valence-corrected chi connectivity index (χ0v) is 12.3. The van der Waals surface area contributed by atoms with Crippen molar-refractivity contribution in [3.8, 4) is 17.0 Å². The number of esters is 1. The molecule has 0 aliphatic carbocycles. The standard InChI is InChI=1S/C14H13N3O6/c1-3-23-14(20)10-12(18)11(15-16(2)13(10)19)8-5-4-6-9(7-8)17(21)22/h4-7,18H,3H2,1-2H3. The molecule has 0 aliphatic rings. The maximum absolute atomic E-state index is 12.0. The monoisotopic (exact) mass is 319 g/mol. The molecule has 0 radical (unpaired) electrons. The molecule has 9 heteroatoms. The van der Waals surface area contributed by atoms with Gasteiger partial charge in [-0.2, -0.15) is 5.10 Å². The maximum Gasteiger partial charge on any atom is 0.347 e. The van der Waals surface area contributed by atoms with Gasteiger partial charge in [-0.05, 0) is 6.92 Å². The minimum Gasteiger partial charge on any atom is -0.505 e. The Hall–Kier alpha value is -3.23. The van der Waals surface area contributed by atoms with Gasteiger partial charge in [-0.1, -0.05) is 12.1 Å². The summed E-state index contributed by atoms with van der Waals surface area (Å²) in [5.74, 6) is -1.66. The lowest BCUT2D eigenvalue weighted by atomic mass is 10.1. The first kappa shape index (κ1) is 16.1. The smallest absolute Gasteiger partial charge is 0.347 e. The van der Waals surface area contributed by atoms with Gasteiger partial charge in [0.15, 0.2) is 11.3 Å². The van der Waals surface area contributed by atoms with E-state index in [9.17, 15) is 24.8 Å². The number of hydrogen-bond acceptors (Lipinski definition) is 7. The number of ether oxygens (including phenoxy) is 1. The van der Waals surface area contributed by atoms with Gasteiger partial charge in [-0.25, -0.2) is 9.48 Å². The van der Waals surface area contributed by atoms with Gasteiger partial charge in [0, 0.05) is 24.7 Å². The first-order valence-electron chi connectivity index (χ1n) is 6.59. The van der Waals surface area contributed by atoms with E-state index in [1.807, 2.05) is 0 Å². The molecule has 1 aromatic heterocycles. The predicted octanol–water partition coefficient (Wildman–Crippen LogP) is 1.24. The Morgan fingerprint density at radius 2 is 2.17 bits per heavy atom. The molecule has 0 saturated carbocycles. The van der Waals surface area contributed by atoms with Crippen LogP contribution in [-0.4, -0.2) is 32.4 Å². The fourth-order valence-electron chi connectivity index (χ4n) is 1.97. The highest BCUT2D eigenvalue weighted by molar-refractivity contribution is 5.94. The molecule has 0 unspecified atom stereocenters. The molecule has 0 atom stereocenters. The summed E-state index contributed by atoms with van der Waals surface area (Å²) in [6, 6.07) is 5.33. The van der Waals surface area contributed by atoms with Crippen molar-refractivity contribution in [3.05, 3.63) is 50.3 Å². The molecule has 0 fully saturated rings. The summed E-state index contributed by atoms with van der Waals surface area (Å²) < 4.78 is 5.61. The highest BCUT2D eigenvalue weighted by Gasteiger charge is 2.24. The Labute approximate surface area is 129 Å². The second kappa shape index (κ2) is 6.26. The third-order valence-electron chi connectivity index (χ3n) is 3.03. The van der Waals surface area contributed by atoms with E-state index in [1.54, 1.807) is 6.92 Å². The quantitative estimate of drug-likeness (QED) is 0.510. The van der Waals surface area contributed by atoms with Crippen LogP contribution in [-0.2, 0) is 11.8 Å². The van der Waals surface area contributed by atoms with Gasteiger partial charge in [0.1, 0.15) is 5.69 Å². The van der Waals surface area contributed by atoms with Crippen LogP contribution >= 0.6 is 0 Å². The molecule has 2 rings (SSSR count). The van der Waals surface area contributed by atoms with Gasteiger partial charge in [0.2, 0.25) is 0 Å². The first-order valence-corrected chi connectivity index (χ1v) is 6.59. The summed E-state index contributed by atoms with van der Waals surface area (Å²) in [6.45, 7) is 1.58. The van der Waals surface area contributed by atoms with E-state index in [1.165, 1.54) is 31.3 Å². The lowest BCUT2D eigenvalue weighted by Gasteiger charge is -2.10. The van der Waals surface area contributed by atoms with Gasteiger partial charge < -0.3 is 9.84 Å². The SMILES string of the molecule is CCOC(=O)c1c(O)c(-c2cccc([N+](=O)[O-])c2)nn(C)c1=O. The molecule has 0 spiro atoms. The number of aryl methyl sites for hydroxylation is 1. The number of nitrogens with zero attached hydrogens (tertiary/aromatic N) is 3. The fraction of sp³-hybridized carbons (Fsp3) is 0.214. The number of benzene rings is 1. The Morgan fingerprint density at radius 3 is 2.78 bits per heavy atom. The summed E-state index contributed by atoms with van der Waals surface area (Å²) in [5.41, 5.74) is -1.53. The number of non-ortho nitro benzene ring substituents is 1. The number of carbonyl (C=O) groups excluding carboxylic acids is 1. The van der Waals surface area contributed by atoms with Gasteiger partial charge in [-0.3, -0.25) is 14.9 Å². The molecular weight excluding hydrogens is 306 g/mol. The van der Waals surface area contributed by atoms with Crippen LogP contribution in [0.5, 0.6) is 5.75 Å². The first-order chi connectivity index (χ1) is 10.9. The number of aromatic nitrogens is 2. The van der Waals surface area contributed by atoms with Crippen LogP contribution in [0.3, 0.4) is 0 Å². The summed E-state index contributed by atoms with van der Waals surface area (Å²) in [5, 5.41) is 24.9. The average Bonchev–Trinajstić information content (AvgIpc) is 2.51. The Kier molecular flexibility index (Phi) is 4.39. The van der Waals surface area contributed by atoms with Crippen molar-refractivity contribution >= 4 is 11.7 Å². The van der Waals surface area contributed by atoms with Crippen molar-refractivity contribution in [1.82, 2.24) is 9.78 Å². The summed E-state index contributed by atoms with van der Waals surface area (Å²) in [6.07, 6.45) is 0. The third-order valence-corrected chi connectivity index (χ3v) is 3.03. The fourth-order valence-corrected chi connectivity index (χ4v) is 1.97. The van der Waals surface area contributed by atoms with Crippen molar-refractivity contribution in [2.75, 3.05) is 6.61 Å². The normalized spacial score (nSPS) is 10.3. The van der Waals surface area contributed by atoms with Crippen LogP contribution < -0.4 is 5.56 Å². The number of carbonyl (C=O) groups is 1. The molecule has 1 heterocycles. The number of aromatic hydroxyl groups is 1. The Morgan fingerprint density at radius 1 is 1.48 bits per heavy atom. The molecule has 1 aromatic carbocycles. The van der Waals surface area contributed by atoms with Crippen LogP contribution in [0.4, 0.5) is 5.69 Å². The van der Waals surface area contributed by atoms with Crippen molar-refractivity contribution in [3.63, 3.8) is 0 Å². The van der Waals surface area contributed by atoms with Crippen LogP contribution in [0.25, 0.3) is 11.3 Å². The van der Waals surface area contributed by atoms with Crippen molar-refractivity contribution in [2.45, 2.75) is 6.92 Å². The predicted molar refractivity (Wildman–Crippen MR) is 79.2 cm³/mol. The summed E-state index contributed by atoms with van der Waals surface area (Å²) >= 11 is 0. The van der Waals surface area contributed by atoms with Gasteiger partial charge in [0.25, 0.3) is 11.2 Å². The van der Waals surface area contributed by atoms with Gasteiger partial charge in [0.05, 0.1) is 11.5 Å². The van der Waals surface area contributed by atoms with Crippen molar-refractivity contribution in [2.24, 2.45) is 7.05 Å². The van der Waals surface area contributed by atoms with Gasteiger partial charge in [-0.15, -0.1) is 0 Å². The van der Waals surface area contributed by atoms with Crippen LogP contribution in [0.2, 0.25) is 0 Å². The largest absolute Gasteiger partial charge is 0.505 e. The minimum atomic E-state index is -0.986. The Balaban J connectivity index is 2.69. The third kappa shape index (κ3) is 3.03. The topological polar surface area (TPSA) is 125 Å². The van der Waals surface area contributed by atoms with Crippen LogP contribution in [0.1, 0.15) is 17.3 Å². The van der Waals surface area contributed by atoms with Gasteiger partial charge >= 0.3 is 5.97 Å². The maximum atomic E-state index is 12.0. The average molecular weight is 319 g/mol. The highest BCUT2D eigenvalue weighted by atomic mass is 16.6. The Bertz CT molecular complexity index is 843. The molecule has 0 saturated heterocycles. The van der Waals surface area contributed by atoms with Crippen molar-refractivity contribution in [1.29, 1.82) is 0 Å². The number of nitro groups is 1. The summed E-state index contributed by atoms with van der Waals surface area (Å²) in [7, 11) is 1.30. The van der Waals surface area contributed by atoms with Crippen molar-refractivity contribution < 1.29 is 19.6 Å². The molecule has 120 valence electrons. The summed E-state index contributed by atoms with van der Waals surface area (Å²) in [4.78, 5) is 34.1. The zero-order chi connectivity index (χ0) is 17.1. The number of hydrogen-bond donors (Lipinski definition) is 1. The highest BCUT2D eigenvalue weighted by Crippen LogP contribution is 2.30. The molecule has 9 nitrogen and oxygen atoms in total. The van der Waals surface area contributed by atoms with Crippen LogP contribution in [0, 0.1) is 10.1 Å². The van der Waals surface area contributed by atoms with E-state index in [2.05, 4.69) is 5.10 Å². The lowest BCUT2D eigenvalue weighted by molar-refractivity contribution is -0.384. The number of nitro benzene ring substituents is 1. The van der Waals surface area contributed by atoms with E-state index in [4.69, 9.17) is 4.74 Å². The number of rotatable bonds is 4. The molecular formula is C14H13N3O6. The lowest BCUT2D eigenvalue weighted by Crippen LogP contribution is -2.28. The second-order valence-electron chi connectivity index (χ2n) is 4.53. The molecule has 1 N–H and O–H groups in total. The zero-order valence-electron chi connectivity index (χ0n) is 12.3. The van der Waals surface area contributed by atoms with E-state index in [0.717, 1.165) is 4.68 Å². The van der Waals surface area contributed by atoms with E-state index < -0.39 is 27.8 Å². The second-order valence-corrected chi connectivity index (χ2v) is 4.53. The molecule has 2 aromatic rings. The molecule has 0 bridgehead atoms. The van der Waals surface area contributed by atoms with Crippen LogP contribution in [0.15, 0.2) is 29.1 Å². The molecule has 0 amide bonds. The van der Waals surface area contributed by atoms with E-state index >= 15 is 0 Å². The molecule has 0 aliphatic heterocycles. The molecule has 23 heavy (non-hydrogen) atoms. The van der Waals surface area contributed by atoms with E-state index in [-0.39, 0.29) is 23.6 Å². The van der Waals surface area contributed by atoms with E-state index in [0.29, 0.717) is 0 Å². The minimum absolute atomic E-state index is 0.0237.